The minimum absolute atomic E-state index is 0.0393. The van der Waals surface area contributed by atoms with E-state index in [0.29, 0.717) is 5.88 Å². The Morgan fingerprint density at radius 1 is 1.24 bits per heavy atom. The van der Waals surface area contributed by atoms with E-state index < -0.39 is 5.41 Å². The topological polar surface area (TPSA) is 29.1 Å². The van der Waals surface area contributed by atoms with Gasteiger partial charge in [-0.05, 0) is 45.7 Å². The molecule has 94 valence electrons. The van der Waals surface area contributed by atoms with E-state index in [1.165, 1.54) is 5.56 Å². The average molecular weight is 254 g/mol. The third kappa shape index (κ3) is 3.22. The molecule has 1 rings (SSSR count). The molecule has 17 heavy (non-hydrogen) atoms. The van der Waals surface area contributed by atoms with E-state index in [0.717, 1.165) is 16.8 Å². The largest absolute Gasteiger partial charge is 0.325 e. The van der Waals surface area contributed by atoms with Crippen molar-refractivity contribution in [2.24, 2.45) is 5.41 Å². The van der Waals surface area contributed by atoms with E-state index in [1.807, 2.05) is 34.6 Å². The van der Waals surface area contributed by atoms with Gasteiger partial charge in [0.2, 0.25) is 5.91 Å². The minimum Gasteiger partial charge on any atom is -0.325 e. The monoisotopic (exact) mass is 253 g/mol. The Balaban J connectivity index is 3.01. The number of carbonyl (C=O) groups excluding carboxylic acids is 1. The van der Waals surface area contributed by atoms with Crippen LogP contribution in [0.5, 0.6) is 0 Å². The maximum Gasteiger partial charge on any atom is 0.231 e. The molecule has 0 fully saturated rings. The molecule has 0 radical (unpaired) electrons. The third-order valence-electron chi connectivity index (χ3n) is 2.86. The summed E-state index contributed by atoms with van der Waals surface area (Å²) in [6, 6.07) is 4.13. The smallest absolute Gasteiger partial charge is 0.231 e. The molecule has 1 N–H and O–H groups in total. The Bertz CT molecular complexity index is 415. The molecule has 0 aliphatic rings. The summed E-state index contributed by atoms with van der Waals surface area (Å²) in [5.41, 5.74) is 3.72. The van der Waals surface area contributed by atoms with Crippen molar-refractivity contribution in [3.63, 3.8) is 0 Å². The third-order valence-corrected chi connectivity index (χ3v) is 3.53. The van der Waals surface area contributed by atoms with E-state index in [1.54, 1.807) is 0 Å². The van der Waals surface area contributed by atoms with Crippen molar-refractivity contribution in [3.8, 4) is 0 Å². The summed E-state index contributed by atoms with van der Waals surface area (Å²) in [5, 5.41) is 2.97. The van der Waals surface area contributed by atoms with Crippen LogP contribution in [-0.4, -0.2) is 11.8 Å². The van der Waals surface area contributed by atoms with E-state index >= 15 is 0 Å². The Labute approximate surface area is 108 Å². The lowest BCUT2D eigenvalue weighted by Crippen LogP contribution is -2.32. The molecular weight excluding hydrogens is 234 g/mol. The molecule has 0 aliphatic carbocycles. The van der Waals surface area contributed by atoms with E-state index in [4.69, 9.17) is 11.6 Å². The fraction of sp³-hybridized carbons (Fsp3) is 0.500. The number of aryl methyl sites for hydroxylation is 3. The summed E-state index contributed by atoms with van der Waals surface area (Å²) < 4.78 is 0. The first-order valence-electron chi connectivity index (χ1n) is 5.73. The predicted molar refractivity (Wildman–Crippen MR) is 73.8 cm³/mol. The van der Waals surface area contributed by atoms with Gasteiger partial charge >= 0.3 is 0 Å². The van der Waals surface area contributed by atoms with Crippen LogP contribution in [0.15, 0.2) is 12.1 Å². The Morgan fingerprint density at radius 3 is 2.12 bits per heavy atom. The second kappa shape index (κ2) is 5.09. The van der Waals surface area contributed by atoms with Gasteiger partial charge in [0.1, 0.15) is 0 Å². The lowest BCUT2D eigenvalue weighted by molar-refractivity contribution is -0.122. The van der Waals surface area contributed by atoms with Gasteiger partial charge in [-0.3, -0.25) is 4.79 Å². The second-order valence-corrected chi connectivity index (χ2v) is 5.51. The normalized spacial score (nSPS) is 11.4. The van der Waals surface area contributed by atoms with Crippen LogP contribution in [0.3, 0.4) is 0 Å². The van der Waals surface area contributed by atoms with Crippen molar-refractivity contribution in [3.05, 3.63) is 28.8 Å². The van der Waals surface area contributed by atoms with Crippen LogP contribution in [0.25, 0.3) is 0 Å². The van der Waals surface area contributed by atoms with Crippen LogP contribution in [0.2, 0.25) is 0 Å². The predicted octanol–water partition coefficient (Wildman–Crippen LogP) is 3.82. The molecule has 0 unspecified atom stereocenters. The lowest BCUT2D eigenvalue weighted by atomic mass is 9.94. The molecule has 0 spiro atoms. The molecular formula is C14H20ClNO. The van der Waals surface area contributed by atoms with Crippen LogP contribution in [0.1, 0.15) is 30.5 Å². The number of hydrogen-bond donors (Lipinski definition) is 1. The molecule has 0 aromatic heterocycles. The fourth-order valence-corrected chi connectivity index (χ4v) is 1.84. The van der Waals surface area contributed by atoms with Gasteiger partial charge in [0, 0.05) is 11.6 Å². The van der Waals surface area contributed by atoms with Gasteiger partial charge in [-0.2, -0.15) is 0 Å². The minimum atomic E-state index is -0.550. The van der Waals surface area contributed by atoms with Gasteiger partial charge in [0.05, 0.1) is 5.41 Å². The van der Waals surface area contributed by atoms with Gasteiger partial charge in [0.15, 0.2) is 0 Å². The number of benzene rings is 1. The Morgan fingerprint density at radius 2 is 1.71 bits per heavy atom. The maximum atomic E-state index is 12.1. The SMILES string of the molecule is Cc1cc(C)c(NC(=O)C(C)(C)CCl)c(C)c1. The molecule has 0 saturated heterocycles. The number of rotatable bonds is 3. The highest BCUT2D eigenvalue weighted by molar-refractivity contribution is 6.20. The van der Waals surface area contributed by atoms with Crippen molar-refractivity contribution in [2.45, 2.75) is 34.6 Å². The molecule has 0 atom stereocenters. The van der Waals surface area contributed by atoms with E-state index in [9.17, 15) is 4.79 Å². The van der Waals surface area contributed by atoms with Crippen molar-refractivity contribution < 1.29 is 4.79 Å². The molecule has 0 saturated carbocycles. The van der Waals surface area contributed by atoms with Crippen molar-refractivity contribution in [1.82, 2.24) is 0 Å². The van der Waals surface area contributed by atoms with Crippen molar-refractivity contribution in [1.29, 1.82) is 0 Å². The van der Waals surface area contributed by atoms with Crippen molar-refractivity contribution >= 4 is 23.2 Å². The first kappa shape index (κ1) is 14.0. The highest BCUT2D eigenvalue weighted by atomic mass is 35.5. The fourth-order valence-electron chi connectivity index (χ4n) is 1.72. The van der Waals surface area contributed by atoms with Gasteiger partial charge in [-0.15, -0.1) is 11.6 Å². The number of anilines is 1. The maximum absolute atomic E-state index is 12.1. The van der Waals surface area contributed by atoms with Crippen LogP contribution in [0.4, 0.5) is 5.69 Å². The average Bonchev–Trinajstić information content (AvgIpc) is 2.22. The summed E-state index contributed by atoms with van der Waals surface area (Å²) in [5.74, 6) is 0.269. The molecule has 0 heterocycles. The number of carbonyl (C=O) groups is 1. The van der Waals surface area contributed by atoms with Gasteiger partial charge < -0.3 is 5.32 Å². The summed E-state index contributed by atoms with van der Waals surface area (Å²) in [6.07, 6.45) is 0. The van der Waals surface area contributed by atoms with Gasteiger partial charge in [-0.1, -0.05) is 17.7 Å². The zero-order valence-electron chi connectivity index (χ0n) is 11.1. The van der Waals surface area contributed by atoms with E-state index in [-0.39, 0.29) is 5.91 Å². The van der Waals surface area contributed by atoms with Gasteiger partial charge in [0.25, 0.3) is 0 Å². The summed E-state index contributed by atoms with van der Waals surface area (Å²) in [6.45, 7) is 9.74. The van der Waals surface area contributed by atoms with Crippen LogP contribution in [0, 0.1) is 26.2 Å². The number of halogens is 1. The number of amides is 1. The van der Waals surface area contributed by atoms with Crippen LogP contribution < -0.4 is 5.32 Å². The zero-order valence-corrected chi connectivity index (χ0v) is 11.9. The first-order chi connectivity index (χ1) is 7.77. The van der Waals surface area contributed by atoms with Crippen molar-refractivity contribution in [2.75, 3.05) is 11.2 Å². The molecule has 1 amide bonds. The summed E-state index contributed by atoms with van der Waals surface area (Å²) in [4.78, 5) is 12.1. The molecule has 2 nitrogen and oxygen atoms in total. The van der Waals surface area contributed by atoms with E-state index in [2.05, 4.69) is 17.4 Å². The molecule has 1 aromatic carbocycles. The quantitative estimate of drug-likeness (QED) is 0.816. The summed E-state index contributed by atoms with van der Waals surface area (Å²) >= 11 is 5.80. The molecule has 1 aromatic rings. The molecule has 0 bridgehead atoms. The highest BCUT2D eigenvalue weighted by Gasteiger charge is 2.27. The Hall–Kier alpha value is -1.02. The van der Waals surface area contributed by atoms with Gasteiger partial charge in [-0.25, -0.2) is 0 Å². The highest BCUT2D eigenvalue weighted by Crippen LogP contribution is 2.25. The van der Waals surface area contributed by atoms with Crippen LogP contribution >= 0.6 is 11.6 Å². The Kier molecular flexibility index (Phi) is 4.21. The molecule has 0 aliphatic heterocycles. The first-order valence-corrected chi connectivity index (χ1v) is 6.26. The number of alkyl halides is 1. The second-order valence-electron chi connectivity index (χ2n) is 5.25. The zero-order chi connectivity index (χ0) is 13.2. The van der Waals surface area contributed by atoms with Crippen LogP contribution in [-0.2, 0) is 4.79 Å². The lowest BCUT2D eigenvalue weighted by Gasteiger charge is -2.22. The number of hydrogen-bond acceptors (Lipinski definition) is 1. The summed E-state index contributed by atoms with van der Waals surface area (Å²) in [7, 11) is 0. The molecule has 3 heteroatoms. The standard InChI is InChI=1S/C14H20ClNO/c1-9-6-10(2)12(11(3)7-9)16-13(17)14(4,5)8-15/h6-7H,8H2,1-5H3,(H,16,17). The number of nitrogens with one attached hydrogen (secondary N) is 1.